The van der Waals surface area contributed by atoms with Crippen LogP contribution in [0.3, 0.4) is 0 Å². The number of nitrogens with one attached hydrogen (secondary N) is 1. The van der Waals surface area contributed by atoms with Crippen molar-refractivity contribution in [3.63, 3.8) is 0 Å². The maximum Gasteiger partial charge on any atom is 0.131 e. The van der Waals surface area contributed by atoms with Crippen LogP contribution < -0.4 is 5.32 Å². The first kappa shape index (κ1) is 6.99. The van der Waals surface area contributed by atoms with Gasteiger partial charge in [-0.15, -0.1) is 0 Å². The lowest BCUT2D eigenvalue weighted by Gasteiger charge is -2.11. The normalized spacial score (nSPS) is 29.7. The first-order chi connectivity index (χ1) is 4.43. The van der Waals surface area contributed by atoms with E-state index in [0.29, 0.717) is 6.61 Å². The van der Waals surface area contributed by atoms with Crippen LogP contribution in [0.15, 0.2) is 0 Å². The van der Waals surface area contributed by atoms with Crippen molar-refractivity contribution in [1.29, 1.82) is 0 Å². The molecule has 1 N–H and O–H groups in total. The van der Waals surface area contributed by atoms with Crippen LogP contribution in [0.4, 0.5) is 0 Å². The van der Waals surface area contributed by atoms with Crippen LogP contribution in [0, 0.1) is 0 Å². The Morgan fingerprint density at radius 3 is 3.33 bits per heavy atom. The van der Waals surface area contributed by atoms with Gasteiger partial charge in [0.15, 0.2) is 0 Å². The third-order valence-electron chi connectivity index (χ3n) is 1.39. The Labute approximate surface area is 55.3 Å². The molecule has 0 aromatic heterocycles. The summed E-state index contributed by atoms with van der Waals surface area (Å²) in [6, 6.07) is 0. The standard InChI is InChI=1S/C6H13NO2/c1-8-6-5-9-4-2-3-7-6/h6-7H,2-5H2,1H3. The molecule has 54 valence electrons. The highest BCUT2D eigenvalue weighted by atomic mass is 16.5. The molecule has 1 saturated heterocycles. The SMILES string of the molecule is COC1COCCCN1. The largest absolute Gasteiger partial charge is 0.377 e. The van der Waals surface area contributed by atoms with Gasteiger partial charge in [0.2, 0.25) is 0 Å². The Morgan fingerprint density at radius 1 is 1.67 bits per heavy atom. The van der Waals surface area contributed by atoms with Crippen LogP contribution >= 0.6 is 0 Å². The molecule has 1 atom stereocenters. The molecule has 3 heteroatoms. The maximum atomic E-state index is 5.21. The van der Waals surface area contributed by atoms with Crippen LogP contribution in [-0.4, -0.2) is 33.1 Å². The fraction of sp³-hybridized carbons (Fsp3) is 1.00. The van der Waals surface area contributed by atoms with Gasteiger partial charge >= 0.3 is 0 Å². The Bertz CT molecular complexity index is 69.5. The summed E-state index contributed by atoms with van der Waals surface area (Å²) in [6.07, 6.45) is 1.19. The van der Waals surface area contributed by atoms with E-state index in [9.17, 15) is 0 Å². The molecule has 0 aromatic rings. The summed E-state index contributed by atoms with van der Waals surface area (Å²) in [7, 11) is 1.69. The second-order valence-electron chi connectivity index (χ2n) is 2.11. The fourth-order valence-electron chi connectivity index (χ4n) is 0.838. The van der Waals surface area contributed by atoms with E-state index >= 15 is 0 Å². The molecule has 1 aliphatic heterocycles. The zero-order chi connectivity index (χ0) is 6.53. The van der Waals surface area contributed by atoms with Gasteiger partial charge in [-0.1, -0.05) is 0 Å². The van der Waals surface area contributed by atoms with Gasteiger partial charge in [0, 0.05) is 13.7 Å². The summed E-state index contributed by atoms with van der Waals surface area (Å²) < 4.78 is 10.2. The van der Waals surface area contributed by atoms with Gasteiger partial charge in [0.25, 0.3) is 0 Å². The van der Waals surface area contributed by atoms with Crippen molar-refractivity contribution in [1.82, 2.24) is 5.32 Å². The predicted molar refractivity (Wildman–Crippen MR) is 34.2 cm³/mol. The van der Waals surface area contributed by atoms with Gasteiger partial charge in [-0.25, -0.2) is 0 Å². The molecule has 0 aliphatic carbocycles. The van der Waals surface area contributed by atoms with E-state index in [1.54, 1.807) is 7.11 Å². The number of rotatable bonds is 1. The lowest BCUT2D eigenvalue weighted by molar-refractivity contribution is 0.00790. The Kier molecular flexibility index (Phi) is 2.97. The smallest absolute Gasteiger partial charge is 0.131 e. The minimum absolute atomic E-state index is 0.104. The topological polar surface area (TPSA) is 30.5 Å². The lowest BCUT2D eigenvalue weighted by Crippen LogP contribution is -2.33. The molecule has 1 fully saturated rings. The second kappa shape index (κ2) is 3.82. The molecule has 0 spiro atoms. The average Bonchev–Trinajstić information content (AvgIpc) is 2.13. The number of methoxy groups -OCH3 is 1. The minimum atomic E-state index is 0.104. The summed E-state index contributed by atoms with van der Waals surface area (Å²) in [5.74, 6) is 0. The van der Waals surface area contributed by atoms with Crippen molar-refractivity contribution in [2.75, 3.05) is 26.9 Å². The van der Waals surface area contributed by atoms with Crippen molar-refractivity contribution >= 4 is 0 Å². The fourth-order valence-corrected chi connectivity index (χ4v) is 0.838. The summed E-state index contributed by atoms with van der Waals surface area (Å²) in [5, 5.41) is 3.18. The predicted octanol–water partition coefficient (Wildman–Crippen LogP) is -0.0312. The van der Waals surface area contributed by atoms with E-state index in [1.807, 2.05) is 0 Å². The minimum Gasteiger partial charge on any atom is -0.377 e. The van der Waals surface area contributed by atoms with E-state index in [4.69, 9.17) is 9.47 Å². The summed E-state index contributed by atoms with van der Waals surface area (Å²) in [6.45, 7) is 2.53. The molecular formula is C6H13NO2. The first-order valence-electron chi connectivity index (χ1n) is 3.27. The molecule has 0 radical (unpaired) electrons. The highest BCUT2D eigenvalue weighted by Gasteiger charge is 2.08. The number of hydrogen-bond acceptors (Lipinski definition) is 3. The van der Waals surface area contributed by atoms with Gasteiger partial charge in [0.05, 0.1) is 6.61 Å². The van der Waals surface area contributed by atoms with Crippen LogP contribution in [0.1, 0.15) is 6.42 Å². The monoisotopic (exact) mass is 131 g/mol. The number of ether oxygens (including phenoxy) is 2. The molecule has 3 nitrogen and oxygen atoms in total. The van der Waals surface area contributed by atoms with Crippen molar-refractivity contribution in [3.05, 3.63) is 0 Å². The van der Waals surface area contributed by atoms with E-state index in [0.717, 1.165) is 19.6 Å². The average molecular weight is 131 g/mol. The molecule has 9 heavy (non-hydrogen) atoms. The highest BCUT2D eigenvalue weighted by Crippen LogP contribution is 1.93. The third kappa shape index (κ3) is 2.30. The van der Waals surface area contributed by atoms with Gasteiger partial charge in [-0.05, 0) is 13.0 Å². The first-order valence-corrected chi connectivity index (χ1v) is 3.27. The Balaban J connectivity index is 2.18. The molecule has 0 aromatic carbocycles. The molecule has 1 unspecified atom stereocenters. The summed E-state index contributed by atoms with van der Waals surface area (Å²) >= 11 is 0. The van der Waals surface area contributed by atoms with E-state index in [-0.39, 0.29) is 6.23 Å². The molecular weight excluding hydrogens is 118 g/mol. The van der Waals surface area contributed by atoms with Crippen LogP contribution in [0.2, 0.25) is 0 Å². The van der Waals surface area contributed by atoms with Gasteiger partial charge in [-0.3, -0.25) is 5.32 Å². The second-order valence-corrected chi connectivity index (χ2v) is 2.11. The Hall–Kier alpha value is -0.120. The maximum absolute atomic E-state index is 5.21. The van der Waals surface area contributed by atoms with Crippen LogP contribution in [-0.2, 0) is 9.47 Å². The van der Waals surface area contributed by atoms with Crippen LogP contribution in [0.25, 0.3) is 0 Å². The van der Waals surface area contributed by atoms with Crippen LogP contribution in [0.5, 0.6) is 0 Å². The Morgan fingerprint density at radius 2 is 2.56 bits per heavy atom. The molecule has 1 aliphatic rings. The molecule has 0 amide bonds. The molecule has 0 bridgehead atoms. The van der Waals surface area contributed by atoms with Crippen molar-refractivity contribution < 1.29 is 9.47 Å². The highest BCUT2D eigenvalue weighted by molar-refractivity contribution is 4.57. The molecule has 1 rings (SSSR count). The zero-order valence-corrected chi connectivity index (χ0v) is 5.72. The van der Waals surface area contributed by atoms with Crippen molar-refractivity contribution in [2.45, 2.75) is 12.6 Å². The van der Waals surface area contributed by atoms with Crippen molar-refractivity contribution in [3.8, 4) is 0 Å². The van der Waals surface area contributed by atoms with E-state index in [2.05, 4.69) is 5.32 Å². The van der Waals surface area contributed by atoms with Gasteiger partial charge in [0.1, 0.15) is 6.23 Å². The third-order valence-corrected chi connectivity index (χ3v) is 1.39. The quantitative estimate of drug-likeness (QED) is 0.542. The number of hydrogen-bond donors (Lipinski definition) is 1. The van der Waals surface area contributed by atoms with Gasteiger partial charge in [-0.2, -0.15) is 0 Å². The van der Waals surface area contributed by atoms with E-state index in [1.165, 1.54) is 0 Å². The summed E-state index contributed by atoms with van der Waals surface area (Å²) in [4.78, 5) is 0. The molecule has 1 heterocycles. The summed E-state index contributed by atoms with van der Waals surface area (Å²) in [5.41, 5.74) is 0. The zero-order valence-electron chi connectivity index (χ0n) is 5.72. The van der Waals surface area contributed by atoms with Crippen molar-refractivity contribution in [2.24, 2.45) is 0 Å². The lowest BCUT2D eigenvalue weighted by atomic mass is 10.4. The van der Waals surface area contributed by atoms with E-state index < -0.39 is 0 Å². The molecule has 0 saturated carbocycles. The van der Waals surface area contributed by atoms with Gasteiger partial charge < -0.3 is 9.47 Å².